The molecule has 2 heterocycles. The van der Waals surface area contributed by atoms with Crippen molar-refractivity contribution in [2.75, 3.05) is 0 Å². The highest BCUT2D eigenvalue weighted by Crippen LogP contribution is 2.45. The van der Waals surface area contributed by atoms with E-state index in [0.717, 1.165) is 6.54 Å². The highest BCUT2D eigenvalue weighted by atomic mass is 15.0. The van der Waals surface area contributed by atoms with Gasteiger partial charge in [0.05, 0.1) is 5.56 Å². The maximum absolute atomic E-state index is 2.53. The number of aromatic nitrogens is 1. The molecule has 1 nitrogen and oxygen atoms in total. The average Bonchev–Trinajstić information content (AvgIpc) is 2.87. The van der Waals surface area contributed by atoms with Gasteiger partial charge in [-0.1, -0.05) is 57.5 Å². The average molecular weight is 387 g/mol. The fourth-order valence-electron chi connectivity index (χ4n) is 5.39. The summed E-state index contributed by atoms with van der Waals surface area (Å²) in [6.45, 7) is 12.6. The SMILES string of the molecule is CCCCc1cccc2c3c(ccc12)C(CC)(CC)CC[n+]1cc(C)c(C)cc1-3. The van der Waals surface area contributed by atoms with Crippen molar-refractivity contribution in [1.82, 2.24) is 0 Å². The van der Waals surface area contributed by atoms with Gasteiger partial charge in [-0.05, 0) is 67.0 Å². The number of pyridine rings is 1. The Morgan fingerprint density at radius 2 is 1.72 bits per heavy atom. The van der Waals surface area contributed by atoms with Crippen LogP contribution >= 0.6 is 0 Å². The summed E-state index contributed by atoms with van der Waals surface area (Å²) in [6, 6.07) is 14.3. The van der Waals surface area contributed by atoms with E-state index in [2.05, 4.69) is 81.8 Å². The molecule has 0 atom stereocenters. The number of nitrogens with zero attached hydrogens (tertiary/aromatic N) is 1. The monoisotopic (exact) mass is 386 g/mol. The largest absolute Gasteiger partial charge is 0.213 e. The van der Waals surface area contributed by atoms with Crippen molar-refractivity contribution in [1.29, 1.82) is 0 Å². The highest BCUT2D eigenvalue weighted by molar-refractivity contribution is 5.99. The first-order chi connectivity index (χ1) is 14.0. The number of hydrogen-bond donors (Lipinski definition) is 0. The van der Waals surface area contributed by atoms with Crippen molar-refractivity contribution >= 4 is 10.8 Å². The van der Waals surface area contributed by atoms with Crippen molar-refractivity contribution in [3.05, 3.63) is 64.8 Å². The van der Waals surface area contributed by atoms with Crippen LogP contribution in [-0.4, -0.2) is 0 Å². The van der Waals surface area contributed by atoms with Gasteiger partial charge in [0.25, 0.3) is 0 Å². The fraction of sp³-hybridized carbons (Fsp3) is 0.464. The Labute approximate surface area is 176 Å². The molecule has 152 valence electrons. The highest BCUT2D eigenvalue weighted by Gasteiger charge is 2.38. The van der Waals surface area contributed by atoms with Gasteiger partial charge >= 0.3 is 0 Å². The molecule has 1 heteroatoms. The lowest BCUT2D eigenvalue weighted by Crippen LogP contribution is -2.37. The minimum Gasteiger partial charge on any atom is -0.198 e. The van der Waals surface area contributed by atoms with Crippen molar-refractivity contribution in [3.8, 4) is 11.3 Å². The first-order valence-corrected chi connectivity index (χ1v) is 11.6. The summed E-state index contributed by atoms with van der Waals surface area (Å²) in [5.74, 6) is 0. The van der Waals surface area contributed by atoms with E-state index < -0.39 is 0 Å². The second-order valence-electron chi connectivity index (χ2n) is 9.06. The summed E-state index contributed by atoms with van der Waals surface area (Å²) in [7, 11) is 0. The van der Waals surface area contributed by atoms with Crippen molar-refractivity contribution in [3.63, 3.8) is 0 Å². The van der Waals surface area contributed by atoms with Crippen LogP contribution in [0.1, 0.15) is 75.1 Å². The molecule has 0 amide bonds. The molecular weight excluding hydrogens is 350 g/mol. The van der Waals surface area contributed by atoms with Crippen LogP contribution in [0.25, 0.3) is 22.0 Å². The summed E-state index contributed by atoms with van der Waals surface area (Å²) in [6.07, 6.45) is 9.67. The van der Waals surface area contributed by atoms with E-state index >= 15 is 0 Å². The van der Waals surface area contributed by atoms with Gasteiger partial charge in [0.2, 0.25) is 5.69 Å². The Hall–Kier alpha value is -2.15. The normalized spacial score (nSPS) is 15.1. The van der Waals surface area contributed by atoms with Gasteiger partial charge in [-0.2, -0.15) is 4.57 Å². The van der Waals surface area contributed by atoms with Gasteiger partial charge in [0.1, 0.15) is 6.54 Å². The number of aryl methyl sites for hydroxylation is 4. The first kappa shape index (κ1) is 20.1. The second kappa shape index (κ2) is 7.94. The molecule has 3 aromatic rings. The lowest BCUT2D eigenvalue weighted by Gasteiger charge is -2.31. The topological polar surface area (TPSA) is 3.88 Å². The Morgan fingerprint density at radius 1 is 0.931 bits per heavy atom. The molecule has 0 aliphatic carbocycles. The van der Waals surface area contributed by atoms with Crippen LogP contribution < -0.4 is 4.57 Å². The predicted octanol–water partition coefficient (Wildman–Crippen LogP) is 7.22. The number of rotatable bonds is 5. The summed E-state index contributed by atoms with van der Waals surface area (Å²) < 4.78 is 2.53. The molecule has 2 aromatic carbocycles. The van der Waals surface area contributed by atoms with E-state index in [1.54, 1.807) is 5.56 Å². The molecule has 29 heavy (non-hydrogen) atoms. The summed E-state index contributed by atoms with van der Waals surface area (Å²) in [5, 5.41) is 2.90. The maximum Gasteiger partial charge on any atom is 0.213 e. The van der Waals surface area contributed by atoms with Gasteiger partial charge in [-0.15, -0.1) is 0 Å². The van der Waals surface area contributed by atoms with Crippen LogP contribution in [0.2, 0.25) is 0 Å². The molecule has 0 saturated heterocycles. The smallest absolute Gasteiger partial charge is 0.198 e. The standard InChI is InChI=1S/C28H36N/c1-6-9-11-22-12-10-13-24-23(22)14-15-25-27(24)26-18-20(4)21(5)19-29(26)17-16-28(25,7-2)8-3/h10,12-15,18-19H,6-9,11,16-17H2,1-5H3/q+1. The molecule has 1 aliphatic heterocycles. The third-order valence-electron chi connectivity index (χ3n) is 7.60. The van der Waals surface area contributed by atoms with Crippen molar-refractivity contribution in [2.24, 2.45) is 0 Å². The van der Waals surface area contributed by atoms with Gasteiger partial charge < -0.3 is 0 Å². The van der Waals surface area contributed by atoms with E-state index in [9.17, 15) is 0 Å². The van der Waals surface area contributed by atoms with Gasteiger partial charge in [0, 0.05) is 23.5 Å². The van der Waals surface area contributed by atoms with Crippen molar-refractivity contribution < 1.29 is 4.57 Å². The molecule has 0 radical (unpaired) electrons. The number of fused-ring (bicyclic) bond motifs is 5. The van der Waals surface area contributed by atoms with E-state index in [0.29, 0.717) is 0 Å². The Balaban J connectivity index is 2.09. The van der Waals surface area contributed by atoms with E-state index in [4.69, 9.17) is 0 Å². The Kier molecular flexibility index (Phi) is 5.51. The molecule has 0 N–H and O–H groups in total. The van der Waals surface area contributed by atoms with Crippen LogP contribution in [0, 0.1) is 13.8 Å². The molecule has 1 aromatic heterocycles. The molecule has 0 unspecified atom stereocenters. The molecule has 0 bridgehead atoms. The zero-order chi connectivity index (χ0) is 20.6. The van der Waals surface area contributed by atoms with Crippen LogP contribution in [-0.2, 0) is 18.4 Å². The Morgan fingerprint density at radius 3 is 2.45 bits per heavy atom. The van der Waals surface area contributed by atoms with Crippen LogP contribution in [0.3, 0.4) is 0 Å². The van der Waals surface area contributed by atoms with E-state index in [1.165, 1.54) is 77.2 Å². The van der Waals surface area contributed by atoms with Gasteiger partial charge in [-0.3, -0.25) is 0 Å². The first-order valence-electron chi connectivity index (χ1n) is 11.6. The molecule has 1 aliphatic rings. The molecular formula is C28H36N+. The number of hydrogen-bond acceptors (Lipinski definition) is 0. The minimum atomic E-state index is 0.261. The molecule has 0 spiro atoms. The van der Waals surface area contributed by atoms with Crippen molar-refractivity contribution in [2.45, 2.75) is 85.1 Å². The summed E-state index contributed by atoms with van der Waals surface area (Å²) >= 11 is 0. The lowest BCUT2D eigenvalue weighted by molar-refractivity contribution is -0.687. The zero-order valence-corrected chi connectivity index (χ0v) is 18.9. The molecule has 4 rings (SSSR count). The van der Waals surface area contributed by atoms with E-state index in [-0.39, 0.29) is 5.41 Å². The van der Waals surface area contributed by atoms with Crippen LogP contribution in [0.5, 0.6) is 0 Å². The number of benzene rings is 2. The second-order valence-corrected chi connectivity index (χ2v) is 9.06. The third kappa shape index (κ3) is 3.29. The fourth-order valence-corrected chi connectivity index (χ4v) is 5.39. The third-order valence-corrected chi connectivity index (χ3v) is 7.60. The van der Waals surface area contributed by atoms with Crippen LogP contribution in [0.4, 0.5) is 0 Å². The number of unbranched alkanes of at least 4 members (excludes halogenated alkanes) is 1. The van der Waals surface area contributed by atoms with E-state index in [1.807, 2.05) is 0 Å². The van der Waals surface area contributed by atoms with Gasteiger partial charge in [0.15, 0.2) is 6.20 Å². The quantitative estimate of drug-likeness (QED) is 0.408. The minimum absolute atomic E-state index is 0.261. The van der Waals surface area contributed by atoms with Crippen LogP contribution in [0.15, 0.2) is 42.6 Å². The summed E-state index contributed by atoms with van der Waals surface area (Å²) in [4.78, 5) is 0. The molecule has 0 saturated carbocycles. The summed E-state index contributed by atoms with van der Waals surface area (Å²) in [5.41, 5.74) is 9.01. The van der Waals surface area contributed by atoms with Gasteiger partial charge in [-0.25, -0.2) is 0 Å². The predicted molar refractivity (Wildman–Crippen MR) is 125 cm³/mol. The lowest BCUT2D eigenvalue weighted by atomic mass is 9.71. The zero-order valence-electron chi connectivity index (χ0n) is 18.9. The molecule has 0 fully saturated rings. The Bertz CT molecular complexity index is 1040. The maximum atomic E-state index is 2.53.